The van der Waals surface area contributed by atoms with Gasteiger partial charge in [0.15, 0.2) is 0 Å². The van der Waals surface area contributed by atoms with Gasteiger partial charge in [0, 0.05) is 25.4 Å². The van der Waals surface area contributed by atoms with Gasteiger partial charge in [-0.25, -0.2) is 8.42 Å². The van der Waals surface area contributed by atoms with Gasteiger partial charge < -0.3 is 10.4 Å². The van der Waals surface area contributed by atoms with Crippen molar-refractivity contribution >= 4 is 21.6 Å². The number of nitrogens with zero attached hydrogens (tertiary/aromatic N) is 1. The van der Waals surface area contributed by atoms with Gasteiger partial charge in [0.2, 0.25) is 15.9 Å². The molecule has 6 nitrogen and oxygen atoms in total. The third-order valence-electron chi connectivity index (χ3n) is 4.29. The number of hydrogen-bond donors (Lipinski definition) is 2. The van der Waals surface area contributed by atoms with Gasteiger partial charge >= 0.3 is 0 Å². The lowest BCUT2D eigenvalue weighted by molar-refractivity contribution is -0.116. The zero-order chi connectivity index (χ0) is 15.2. The second kappa shape index (κ2) is 5.08. The number of aliphatic hydroxyl groups excluding tert-OH is 1. The van der Waals surface area contributed by atoms with E-state index in [1.54, 1.807) is 19.1 Å². The number of anilines is 1. The van der Waals surface area contributed by atoms with Crippen molar-refractivity contribution in [1.82, 2.24) is 4.31 Å². The summed E-state index contributed by atoms with van der Waals surface area (Å²) >= 11 is 0. The van der Waals surface area contributed by atoms with E-state index in [9.17, 15) is 13.2 Å². The molecule has 1 fully saturated rings. The molecule has 2 heterocycles. The molecule has 0 spiro atoms. The molecule has 2 atom stereocenters. The lowest BCUT2D eigenvalue weighted by atomic mass is 10.0. The summed E-state index contributed by atoms with van der Waals surface area (Å²) in [6.45, 7) is 2.54. The number of carbonyl (C=O) groups excluding carboxylic acids is 1. The van der Waals surface area contributed by atoms with E-state index in [2.05, 4.69) is 5.32 Å². The lowest BCUT2D eigenvalue weighted by Gasteiger charge is -2.17. The van der Waals surface area contributed by atoms with Crippen molar-refractivity contribution in [2.24, 2.45) is 5.92 Å². The van der Waals surface area contributed by atoms with E-state index in [1.807, 2.05) is 0 Å². The Morgan fingerprint density at radius 3 is 2.86 bits per heavy atom. The first-order valence-corrected chi connectivity index (χ1v) is 8.43. The molecule has 1 amide bonds. The Bertz CT molecular complexity index is 686. The van der Waals surface area contributed by atoms with Crippen LogP contribution in [0.4, 0.5) is 5.69 Å². The van der Waals surface area contributed by atoms with Gasteiger partial charge in [-0.1, -0.05) is 0 Å². The van der Waals surface area contributed by atoms with Crippen molar-refractivity contribution in [1.29, 1.82) is 0 Å². The molecule has 7 heteroatoms. The van der Waals surface area contributed by atoms with Gasteiger partial charge in [-0.2, -0.15) is 4.31 Å². The van der Waals surface area contributed by atoms with Crippen molar-refractivity contribution in [3.63, 3.8) is 0 Å². The highest BCUT2D eigenvalue weighted by Gasteiger charge is 2.34. The minimum absolute atomic E-state index is 0.00562. The number of fused-ring (bicyclic) bond motifs is 1. The maximum Gasteiger partial charge on any atom is 0.243 e. The molecule has 3 rings (SSSR count). The van der Waals surface area contributed by atoms with E-state index in [-0.39, 0.29) is 29.2 Å². The molecule has 2 unspecified atom stereocenters. The van der Waals surface area contributed by atoms with Crippen LogP contribution in [0, 0.1) is 5.92 Å². The molecule has 1 saturated heterocycles. The highest BCUT2D eigenvalue weighted by molar-refractivity contribution is 7.89. The molecule has 2 aliphatic heterocycles. The van der Waals surface area contributed by atoms with Crippen molar-refractivity contribution in [3.8, 4) is 0 Å². The van der Waals surface area contributed by atoms with E-state index in [1.165, 1.54) is 10.4 Å². The Morgan fingerprint density at radius 1 is 1.43 bits per heavy atom. The monoisotopic (exact) mass is 310 g/mol. The average molecular weight is 310 g/mol. The second-order valence-corrected chi connectivity index (χ2v) is 7.60. The van der Waals surface area contributed by atoms with Crippen molar-refractivity contribution < 1.29 is 18.3 Å². The van der Waals surface area contributed by atoms with Crippen LogP contribution in [0.2, 0.25) is 0 Å². The number of amides is 1. The Labute approximate surface area is 123 Å². The third-order valence-corrected chi connectivity index (χ3v) is 6.15. The molecule has 1 aromatic carbocycles. The van der Waals surface area contributed by atoms with Gasteiger partial charge in [0.05, 0.1) is 10.8 Å². The summed E-state index contributed by atoms with van der Waals surface area (Å²) in [6, 6.07) is 4.75. The summed E-state index contributed by atoms with van der Waals surface area (Å²) in [6.07, 6.45) is 0.678. The molecule has 1 aromatic rings. The molecule has 0 bridgehead atoms. The fraction of sp³-hybridized carbons (Fsp3) is 0.500. The van der Waals surface area contributed by atoms with Crippen LogP contribution in [0.1, 0.15) is 24.8 Å². The Kier molecular flexibility index (Phi) is 3.51. The largest absolute Gasteiger partial charge is 0.396 e. The van der Waals surface area contributed by atoms with Crippen LogP contribution >= 0.6 is 0 Å². The SMILES string of the molecule is CC1C(=O)Nc2ccc(S(=O)(=O)N3CCC(CO)C3)cc21. The Morgan fingerprint density at radius 2 is 2.19 bits per heavy atom. The molecule has 0 radical (unpaired) electrons. The highest BCUT2D eigenvalue weighted by atomic mass is 32.2. The van der Waals surface area contributed by atoms with Crippen LogP contribution in [-0.2, 0) is 14.8 Å². The molecule has 0 aliphatic carbocycles. The average Bonchev–Trinajstić information content (AvgIpc) is 3.05. The molecular weight excluding hydrogens is 292 g/mol. The predicted molar refractivity (Wildman–Crippen MR) is 77.4 cm³/mol. The molecule has 114 valence electrons. The van der Waals surface area contributed by atoms with Crippen LogP contribution in [0.25, 0.3) is 0 Å². The van der Waals surface area contributed by atoms with Crippen LogP contribution in [0.5, 0.6) is 0 Å². The molecular formula is C14H18N2O4S. The third kappa shape index (κ3) is 2.35. The minimum atomic E-state index is -3.56. The van der Waals surface area contributed by atoms with E-state index in [0.29, 0.717) is 25.2 Å². The first kappa shape index (κ1) is 14.5. The molecule has 0 aromatic heterocycles. The van der Waals surface area contributed by atoms with Gasteiger partial charge in [0.1, 0.15) is 0 Å². The summed E-state index contributed by atoms with van der Waals surface area (Å²) in [5.74, 6) is -0.434. The summed E-state index contributed by atoms with van der Waals surface area (Å²) < 4.78 is 26.7. The normalized spacial score (nSPS) is 25.9. The molecule has 0 saturated carbocycles. The van der Waals surface area contributed by atoms with Crippen molar-refractivity contribution in [3.05, 3.63) is 23.8 Å². The number of sulfonamides is 1. The highest BCUT2D eigenvalue weighted by Crippen LogP contribution is 2.35. The standard InChI is InChI=1S/C14H18N2O4S/c1-9-12-6-11(2-3-13(12)15-14(9)18)21(19,20)16-5-4-10(7-16)8-17/h2-3,6,9-10,17H,4-5,7-8H2,1H3,(H,15,18). The summed E-state index contributed by atoms with van der Waals surface area (Å²) in [7, 11) is -3.56. The quantitative estimate of drug-likeness (QED) is 0.862. The fourth-order valence-corrected chi connectivity index (χ4v) is 4.44. The first-order chi connectivity index (χ1) is 9.93. The van der Waals surface area contributed by atoms with Crippen LogP contribution in [-0.4, -0.2) is 43.4 Å². The van der Waals surface area contributed by atoms with Gasteiger partial charge in [-0.05, 0) is 43.0 Å². The van der Waals surface area contributed by atoms with Crippen LogP contribution in [0.15, 0.2) is 23.1 Å². The van der Waals surface area contributed by atoms with Crippen molar-refractivity contribution in [2.75, 3.05) is 25.0 Å². The van der Waals surface area contributed by atoms with E-state index in [0.717, 1.165) is 5.56 Å². The number of rotatable bonds is 3. The minimum Gasteiger partial charge on any atom is -0.396 e. The topological polar surface area (TPSA) is 86.7 Å². The van der Waals surface area contributed by atoms with E-state index in [4.69, 9.17) is 5.11 Å². The number of carbonyl (C=O) groups is 1. The van der Waals surface area contributed by atoms with Crippen molar-refractivity contribution in [2.45, 2.75) is 24.2 Å². The zero-order valence-electron chi connectivity index (χ0n) is 11.7. The number of nitrogens with one attached hydrogen (secondary N) is 1. The Hall–Kier alpha value is -1.44. The van der Waals surface area contributed by atoms with E-state index >= 15 is 0 Å². The van der Waals surface area contributed by atoms with Gasteiger partial charge in [-0.3, -0.25) is 4.79 Å². The maximum absolute atomic E-state index is 12.6. The number of aliphatic hydroxyl groups is 1. The maximum atomic E-state index is 12.6. The van der Waals surface area contributed by atoms with Gasteiger partial charge in [-0.15, -0.1) is 0 Å². The molecule has 2 aliphatic rings. The molecule has 21 heavy (non-hydrogen) atoms. The lowest BCUT2D eigenvalue weighted by Crippen LogP contribution is -2.29. The second-order valence-electron chi connectivity index (χ2n) is 5.66. The number of hydrogen-bond acceptors (Lipinski definition) is 4. The summed E-state index contributed by atoms with van der Waals surface area (Å²) in [4.78, 5) is 11.8. The van der Waals surface area contributed by atoms with Crippen LogP contribution in [0.3, 0.4) is 0 Å². The number of benzene rings is 1. The van der Waals surface area contributed by atoms with E-state index < -0.39 is 10.0 Å². The van der Waals surface area contributed by atoms with Crippen LogP contribution < -0.4 is 5.32 Å². The molecule has 2 N–H and O–H groups in total. The predicted octanol–water partition coefficient (Wildman–Crippen LogP) is 0.745. The summed E-state index contributed by atoms with van der Waals surface area (Å²) in [5.41, 5.74) is 1.40. The zero-order valence-corrected chi connectivity index (χ0v) is 12.6. The Balaban J connectivity index is 1.93. The summed E-state index contributed by atoms with van der Waals surface area (Å²) in [5, 5.41) is 11.9. The fourth-order valence-electron chi connectivity index (χ4n) is 2.87. The first-order valence-electron chi connectivity index (χ1n) is 6.99. The smallest absolute Gasteiger partial charge is 0.243 e. The van der Waals surface area contributed by atoms with Gasteiger partial charge in [0.25, 0.3) is 0 Å².